The molecular formula is C12H14N2O2S. The first-order valence-electron chi connectivity index (χ1n) is 5.45. The van der Waals surface area contributed by atoms with E-state index in [1.807, 2.05) is 19.1 Å². The van der Waals surface area contributed by atoms with Crippen LogP contribution < -0.4 is 5.32 Å². The van der Waals surface area contributed by atoms with Gasteiger partial charge in [-0.3, -0.25) is 0 Å². The summed E-state index contributed by atoms with van der Waals surface area (Å²) in [5.74, 6) is 0. The lowest BCUT2D eigenvalue weighted by Crippen LogP contribution is -2.41. The topological polar surface area (TPSA) is 70.0 Å². The van der Waals surface area contributed by atoms with Gasteiger partial charge < -0.3 is 5.32 Å². The molecule has 2 atom stereocenters. The number of nitrogens with one attached hydrogen (secondary N) is 1. The van der Waals surface area contributed by atoms with Crippen LogP contribution in [0.15, 0.2) is 23.1 Å². The van der Waals surface area contributed by atoms with Gasteiger partial charge in [-0.05, 0) is 31.5 Å². The molecule has 1 N–H and O–H groups in total. The summed E-state index contributed by atoms with van der Waals surface area (Å²) in [6, 6.07) is 7.02. The molecule has 90 valence electrons. The number of fused-ring (bicyclic) bond motifs is 1. The maximum absolute atomic E-state index is 12.4. The fourth-order valence-corrected chi connectivity index (χ4v) is 4.14. The molecule has 2 unspecified atom stereocenters. The summed E-state index contributed by atoms with van der Waals surface area (Å²) in [6.07, 6.45) is 0.0177. The van der Waals surface area contributed by atoms with E-state index in [2.05, 4.69) is 5.32 Å². The van der Waals surface area contributed by atoms with E-state index in [4.69, 9.17) is 5.26 Å². The molecule has 1 aromatic rings. The Labute approximate surface area is 101 Å². The number of nitrogens with zero attached hydrogens (tertiary/aromatic N) is 1. The zero-order valence-corrected chi connectivity index (χ0v) is 10.6. The summed E-state index contributed by atoms with van der Waals surface area (Å²) in [7, 11) is -3.40. The van der Waals surface area contributed by atoms with Crippen LogP contribution in [-0.4, -0.2) is 19.7 Å². The molecule has 0 saturated carbocycles. The van der Waals surface area contributed by atoms with Crippen molar-refractivity contribution in [2.75, 3.05) is 5.32 Å². The Kier molecular flexibility index (Phi) is 2.84. The molecule has 1 aromatic carbocycles. The number of sulfone groups is 1. The molecule has 0 aliphatic carbocycles. The summed E-state index contributed by atoms with van der Waals surface area (Å²) in [4.78, 5) is 0.316. The van der Waals surface area contributed by atoms with E-state index < -0.39 is 15.1 Å². The zero-order chi connectivity index (χ0) is 12.6. The minimum atomic E-state index is -3.40. The predicted molar refractivity (Wildman–Crippen MR) is 65.5 cm³/mol. The maximum atomic E-state index is 12.4. The van der Waals surface area contributed by atoms with E-state index in [0.717, 1.165) is 5.56 Å². The lowest BCUT2D eigenvalue weighted by Gasteiger charge is -2.31. The Morgan fingerprint density at radius 3 is 2.82 bits per heavy atom. The van der Waals surface area contributed by atoms with Crippen LogP contribution in [0.2, 0.25) is 0 Å². The minimum absolute atomic E-state index is 0.0177. The van der Waals surface area contributed by atoms with Crippen LogP contribution >= 0.6 is 0 Å². The first kappa shape index (κ1) is 11.9. The number of aryl methyl sites for hydroxylation is 1. The van der Waals surface area contributed by atoms with Gasteiger partial charge in [0, 0.05) is 6.04 Å². The van der Waals surface area contributed by atoms with E-state index in [0.29, 0.717) is 10.6 Å². The number of anilines is 1. The van der Waals surface area contributed by atoms with Gasteiger partial charge in [0.05, 0.1) is 28.3 Å². The zero-order valence-electron chi connectivity index (χ0n) is 9.77. The second kappa shape index (κ2) is 4.04. The van der Waals surface area contributed by atoms with E-state index in [1.165, 1.54) is 0 Å². The molecule has 5 heteroatoms. The van der Waals surface area contributed by atoms with Crippen LogP contribution in [0.25, 0.3) is 0 Å². The number of nitriles is 1. The summed E-state index contributed by atoms with van der Waals surface area (Å²) in [6.45, 7) is 3.65. The monoisotopic (exact) mass is 250 g/mol. The second-order valence-corrected chi connectivity index (χ2v) is 6.51. The van der Waals surface area contributed by atoms with Crippen molar-refractivity contribution in [1.29, 1.82) is 5.26 Å². The first-order chi connectivity index (χ1) is 7.96. The average molecular weight is 250 g/mol. The summed E-state index contributed by atoms with van der Waals surface area (Å²) >= 11 is 0. The van der Waals surface area contributed by atoms with Gasteiger partial charge >= 0.3 is 0 Å². The van der Waals surface area contributed by atoms with Gasteiger partial charge in [0.1, 0.15) is 0 Å². The molecule has 4 nitrogen and oxygen atoms in total. The van der Waals surface area contributed by atoms with Gasteiger partial charge in [0.25, 0.3) is 0 Å². The van der Waals surface area contributed by atoms with Gasteiger partial charge in [-0.25, -0.2) is 8.42 Å². The van der Waals surface area contributed by atoms with Crippen LogP contribution in [0.5, 0.6) is 0 Å². The summed E-state index contributed by atoms with van der Waals surface area (Å²) in [5, 5.41) is 11.2. The van der Waals surface area contributed by atoms with Crippen LogP contribution in [-0.2, 0) is 9.84 Å². The number of rotatable bonds is 1. The second-order valence-electron chi connectivity index (χ2n) is 4.38. The summed E-state index contributed by atoms with van der Waals surface area (Å²) in [5.41, 5.74) is 1.54. The van der Waals surface area contributed by atoms with E-state index >= 15 is 0 Å². The van der Waals surface area contributed by atoms with Crippen molar-refractivity contribution in [3.63, 3.8) is 0 Å². The highest BCUT2D eigenvalue weighted by atomic mass is 32.2. The van der Waals surface area contributed by atoms with Gasteiger partial charge in [0.2, 0.25) is 0 Å². The number of hydrogen-bond donors (Lipinski definition) is 1. The highest BCUT2D eigenvalue weighted by molar-refractivity contribution is 7.92. The Balaban J connectivity index is 2.60. The van der Waals surface area contributed by atoms with Crippen molar-refractivity contribution in [3.8, 4) is 6.07 Å². The largest absolute Gasteiger partial charge is 0.380 e. The minimum Gasteiger partial charge on any atom is -0.380 e. The highest BCUT2D eigenvalue weighted by Crippen LogP contribution is 2.34. The molecular weight excluding hydrogens is 236 g/mol. The number of benzene rings is 1. The molecule has 2 rings (SSSR count). The van der Waals surface area contributed by atoms with Crippen LogP contribution in [0.3, 0.4) is 0 Å². The van der Waals surface area contributed by atoms with Crippen LogP contribution in [0.4, 0.5) is 5.69 Å². The normalized spacial score (nSPS) is 25.5. The molecule has 17 heavy (non-hydrogen) atoms. The molecule has 0 saturated heterocycles. The first-order valence-corrected chi connectivity index (χ1v) is 6.99. The van der Waals surface area contributed by atoms with Gasteiger partial charge in [-0.15, -0.1) is 0 Å². The molecule has 0 fully saturated rings. The Bertz CT molecular complexity index is 587. The molecule has 0 radical (unpaired) electrons. The van der Waals surface area contributed by atoms with Crippen molar-refractivity contribution in [3.05, 3.63) is 23.8 Å². The molecule has 1 aliphatic heterocycles. The average Bonchev–Trinajstić information content (AvgIpc) is 2.26. The van der Waals surface area contributed by atoms with Crippen molar-refractivity contribution in [1.82, 2.24) is 0 Å². The third-order valence-corrected chi connectivity index (χ3v) is 5.40. The van der Waals surface area contributed by atoms with Crippen molar-refractivity contribution in [2.24, 2.45) is 0 Å². The van der Waals surface area contributed by atoms with Gasteiger partial charge in [-0.1, -0.05) is 6.07 Å². The standard InChI is InChI=1S/C12H14N2O2S/c1-8-3-4-10-12(7-8)17(15,16)11(5-6-13)9(2)14-10/h3-4,7,9,11,14H,5H2,1-2H3. The quantitative estimate of drug-likeness (QED) is 0.826. The van der Waals surface area contributed by atoms with Crippen molar-refractivity contribution in [2.45, 2.75) is 36.5 Å². The van der Waals surface area contributed by atoms with E-state index in [1.54, 1.807) is 19.1 Å². The summed E-state index contributed by atoms with van der Waals surface area (Å²) < 4.78 is 24.7. The van der Waals surface area contributed by atoms with E-state index in [-0.39, 0.29) is 12.5 Å². The highest BCUT2D eigenvalue weighted by Gasteiger charge is 2.38. The molecule has 1 aliphatic rings. The fraction of sp³-hybridized carbons (Fsp3) is 0.417. The smallest absolute Gasteiger partial charge is 0.186 e. The third-order valence-electron chi connectivity index (χ3n) is 3.08. The van der Waals surface area contributed by atoms with Crippen LogP contribution in [0.1, 0.15) is 18.9 Å². The van der Waals surface area contributed by atoms with E-state index in [9.17, 15) is 8.42 Å². The molecule has 0 bridgehead atoms. The number of hydrogen-bond acceptors (Lipinski definition) is 4. The lowest BCUT2D eigenvalue weighted by molar-refractivity contribution is 0.560. The van der Waals surface area contributed by atoms with Crippen molar-refractivity contribution < 1.29 is 8.42 Å². The molecule has 0 spiro atoms. The predicted octanol–water partition coefficient (Wildman–Crippen LogP) is 1.86. The van der Waals surface area contributed by atoms with Crippen molar-refractivity contribution >= 4 is 15.5 Å². The fourth-order valence-electron chi connectivity index (χ4n) is 2.13. The van der Waals surface area contributed by atoms with Crippen LogP contribution in [0, 0.1) is 18.3 Å². The Hall–Kier alpha value is -1.54. The Morgan fingerprint density at radius 1 is 1.47 bits per heavy atom. The maximum Gasteiger partial charge on any atom is 0.186 e. The third kappa shape index (κ3) is 1.89. The SMILES string of the molecule is Cc1ccc2c(c1)S(=O)(=O)C(CC#N)C(C)N2. The molecule has 0 aromatic heterocycles. The lowest BCUT2D eigenvalue weighted by atomic mass is 10.1. The Morgan fingerprint density at radius 2 is 2.18 bits per heavy atom. The molecule has 0 amide bonds. The van der Waals surface area contributed by atoms with Gasteiger partial charge in [0.15, 0.2) is 9.84 Å². The van der Waals surface area contributed by atoms with Gasteiger partial charge in [-0.2, -0.15) is 5.26 Å². The molecule has 1 heterocycles.